The highest BCUT2D eigenvalue weighted by Crippen LogP contribution is 2.33. The van der Waals surface area contributed by atoms with Crippen LogP contribution < -0.4 is 19.9 Å². The number of fused-ring (bicyclic) bond motifs is 1. The molecule has 32 heavy (non-hydrogen) atoms. The zero-order chi connectivity index (χ0) is 22.7. The molecule has 0 aliphatic carbocycles. The molecule has 0 amide bonds. The number of methoxy groups -OCH3 is 2. The quantitative estimate of drug-likeness (QED) is 0.421. The maximum Gasteiger partial charge on any atom is 0.238 e. The van der Waals surface area contributed by atoms with E-state index in [0.717, 1.165) is 16.8 Å². The number of nitrogens with two attached hydrogens (primary N) is 1. The monoisotopic (exact) mass is 453 g/mol. The van der Waals surface area contributed by atoms with E-state index in [0.29, 0.717) is 35.9 Å². The van der Waals surface area contributed by atoms with Crippen LogP contribution >= 0.6 is 0 Å². The van der Waals surface area contributed by atoms with Gasteiger partial charge < -0.3 is 14.8 Å². The van der Waals surface area contributed by atoms with Gasteiger partial charge in [-0.3, -0.25) is 4.40 Å². The Kier molecular flexibility index (Phi) is 5.97. The Morgan fingerprint density at radius 2 is 1.78 bits per heavy atom. The fraction of sp³-hybridized carbons (Fsp3) is 0.182. The molecule has 2 heterocycles. The minimum atomic E-state index is -3.69. The molecule has 0 aliphatic heterocycles. The Bertz CT molecular complexity index is 1350. The normalized spacial score (nSPS) is 11.5. The first kappa shape index (κ1) is 21.6. The molecule has 166 valence electrons. The lowest BCUT2D eigenvalue weighted by Gasteiger charge is -2.10. The molecule has 0 aliphatic rings. The summed E-state index contributed by atoms with van der Waals surface area (Å²) in [7, 11) is -0.485. The molecule has 10 heteroatoms. The average Bonchev–Trinajstić information content (AvgIpc) is 3.23. The second-order valence-electron chi connectivity index (χ2n) is 7.05. The van der Waals surface area contributed by atoms with Crippen molar-refractivity contribution in [3.05, 3.63) is 66.6 Å². The Morgan fingerprint density at radius 1 is 1.03 bits per heavy atom. The lowest BCUT2D eigenvalue weighted by molar-refractivity contribution is 0.355. The Balaban J connectivity index is 1.52. The van der Waals surface area contributed by atoms with Crippen molar-refractivity contribution in [2.45, 2.75) is 11.3 Å². The summed E-state index contributed by atoms with van der Waals surface area (Å²) in [6, 6.07) is 12.2. The molecule has 0 atom stereocenters. The van der Waals surface area contributed by atoms with Gasteiger partial charge >= 0.3 is 0 Å². The van der Waals surface area contributed by atoms with Crippen LogP contribution in [0.15, 0.2) is 66.0 Å². The smallest absolute Gasteiger partial charge is 0.238 e. The van der Waals surface area contributed by atoms with Crippen molar-refractivity contribution >= 4 is 21.5 Å². The van der Waals surface area contributed by atoms with Crippen LogP contribution in [0, 0.1) is 0 Å². The van der Waals surface area contributed by atoms with Gasteiger partial charge in [-0.2, -0.15) is 0 Å². The molecule has 9 nitrogen and oxygen atoms in total. The summed E-state index contributed by atoms with van der Waals surface area (Å²) in [5.41, 5.74) is 3.50. The van der Waals surface area contributed by atoms with E-state index in [4.69, 9.17) is 14.6 Å². The lowest BCUT2D eigenvalue weighted by Crippen LogP contribution is -2.12. The molecule has 2 aromatic heterocycles. The number of imidazole rings is 1. The van der Waals surface area contributed by atoms with Gasteiger partial charge in [0.15, 0.2) is 23.0 Å². The largest absolute Gasteiger partial charge is 0.493 e. The van der Waals surface area contributed by atoms with E-state index in [1.54, 1.807) is 38.7 Å². The van der Waals surface area contributed by atoms with E-state index in [9.17, 15) is 8.42 Å². The van der Waals surface area contributed by atoms with E-state index < -0.39 is 10.0 Å². The number of hydrogen-bond donors (Lipinski definition) is 2. The predicted octanol–water partition coefficient (Wildman–Crippen LogP) is 2.72. The molecule has 4 rings (SSSR count). The third kappa shape index (κ3) is 4.36. The second-order valence-corrected chi connectivity index (χ2v) is 8.61. The first-order valence-corrected chi connectivity index (χ1v) is 11.4. The Hall–Kier alpha value is -3.63. The van der Waals surface area contributed by atoms with Crippen LogP contribution in [0.25, 0.3) is 16.9 Å². The summed E-state index contributed by atoms with van der Waals surface area (Å²) in [6.07, 6.45) is 6.03. The van der Waals surface area contributed by atoms with Crippen molar-refractivity contribution < 1.29 is 17.9 Å². The zero-order valence-electron chi connectivity index (χ0n) is 17.6. The van der Waals surface area contributed by atoms with Crippen LogP contribution in [0.1, 0.15) is 5.56 Å². The van der Waals surface area contributed by atoms with E-state index >= 15 is 0 Å². The summed E-state index contributed by atoms with van der Waals surface area (Å²) < 4.78 is 35.4. The highest BCUT2D eigenvalue weighted by molar-refractivity contribution is 7.89. The van der Waals surface area contributed by atoms with E-state index in [1.165, 1.54) is 12.1 Å². The third-order valence-corrected chi connectivity index (χ3v) is 5.99. The van der Waals surface area contributed by atoms with Gasteiger partial charge in [0.2, 0.25) is 10.0 Å². The molecule has 3 N–H and O–H groups in total. The first-order chi connectivity index (χ1) is 15.4. The van der Waals surface area contributed by atoms with Gasteiger partial charge in [-0.05, 0) is 42.3 Å². The number of aromatic nitrogens is 3. The van der Waals surface area contributed by atoms with Crippen molar-refractivity contribution in [3.63, 3.8) is 0 Å². The second kappa shape index (κ2) is 8.85. The number of sulfonamides is 1. The summed E-state index contributed by atoms with van der Waals surface area (Å²) in [5.74, 6) is 1.95. The summed E-state index contributed by atoms with van der Waals surface area (Å²) in [5, 5.41) is 8.44. The number of hydrogen-bond acceptors (Lipinski definition) is 7. The van der Waals surface area contributed by atoms with Gasteiger partial charge in [0.1, 0.15) is 0 Å². The lowest BCUT2D eigenvalue weighted by atomic mass is 10.1. The Morgan fingerprint density at radius 3 is 2.47 bits per heavy atom. The molecule has 4 aromatic rings. The van der Waals surface area contributed by atoms with Crippen LogP contribution in [0.5, 0.6) is 11.5 Å². The van der Waals surface area contributed by atoms with Gasteiger partial charge in [0, 0.05) is 24.5 Å². The van der Waals surface area contributed by atoms with Crippen LogP contribution in [0.4, 0.5) is 5.82 Å². The highest BCUT2D eigenvalue weighted by Gasteiger charge is 2.13. The number of primary sulfonamides is 1. The van der Waals surface area contributed by atoms with Crippen LogP contribution in [0.2, 0.25) is 0 Å². The summed E-state index contributed by atoms with van der Waals surface area (Å²) in [6.45, 7) is 0.597. The molecule has 0 unspecified atom stereocenters. The fourth-order valence-electron chi connectivity index (χ4n) is 3.42. The predicted molar refractivity (Wildman–Crippen MR) is 122 cm³/mol. The molecule has 0 fully saturated rings. The van der Waals surface area contributed by atoms with Crippen molar-refractivity contribution in [1.82, 2.24) is 14.4 Å². The number of rotatable bonds is 8. The van der Waals surface area contributed by atoms with E-state index in [2.05, 4.69) is 15.3 Å². The number of ether oxygens (including phenoxy) is 2. The van der Waals surface area contributed by atoms with Gasteiger partial charge in [-0.15, -0.1) is 0 Å². The first-order valence-electron chi connectivity index (χ1n) is 9.81. The SMILES string of the molecule is COc1ccc(-c2cnc3c(NCCc4ccc(S(N)(=O)=O)cc4)nccn23)cc1OC. The van der Waals surface area contributed by atoms with Crippen molar-refractivity contribution in [3.8, 4) is 22.8 Å². The van der Waals surface area contributed by atoms with Crippen molar-refractivity contribution in [2.24, 2.45) is 5.14 Å². The van der Waals surface area contributed by atoms with Gasteiger partial charge in [0.05, 0.1) is 31.0 Å². The number of nitrogens with zero attached hydrogens (tertiary/aromatic N) is 3. The molecule has 0 saturated heterocycles. The summed E-state index contributed by atoms with van der Waals surface area (Å²) in [4.78, 5) is 9.06. The number of anilines is 1. The zero-order valence-corrected chi connectivity index (χ0v) is 18.5. The van der Waals surface area contributed by atoms with Crippen LogP contribution in [-0.4, -0.2) is 43.6 Å². The fourth-order valence-corrected chi connectivity index (χ4v) is 3.94. The van der Waals surface area contributed by atoms with Gasteiger partial charge in [-0.25, -0.2) is 23.5 Å². The highest BCUT2D eigenvalue weighted by atomic mass is 32.2. The summed E-state index contributed by atoms with van der Waals surface area (Å²) >= 11 is 0. The Labute approximate surface area is 185 Å². The van der Waals surface area contributed by atoms with Crippen molar-refractivity contribution in [1.29, 1.82) is 0 Å². The van der Waals surface area contributed by atoms with Gasteiger partial charge in [0.25, 0.3) is 0 Å². The third-order valence-electron chi connectivity index (χ3n) is 5.07. The maximum absolute atomic E-state index is 11.4. The average molecular weight is 454 g/mol. The topological polar surface area (TPSA) is 121 Å². The molecular weight excluding hydrogens is 430 g/mol. The van der Waals surface area contributed by atoms with Crippen LogP contribution in [-0.2, 0) is 16.4 Å². The minimum absolute atomic E-state index is 0.0979. The van der Waals surface area contributed by atoms with E-state index in [1.807, 2.05) is 28.8 Å². The maximum atomic E-state index is 11.4. The van der Waals surface area contributed by atoms with E-state index in [-0.39, 0.29) is 4.90 Å². The number of benzene rings is 2. The molecule has 0 saturated carbocycles. The van der Waals surface area contributed by atoms with Crippen LogP contribution in [0.3, 0.4) is 0 Å². The standard InChI is InChI=1S/C22H23N5O4S/c1-30-19-8-5-16(13-20(19)31-2)18-14-26-22-21(25-11-12-27(18)22)24-10-9-15-3-6-17(7-4-15)32(23,28)29/h3-8,11-14H,9-10H2,1-2H3,(H,24,25)(H2,23,28,29). The molecular formula is C22H23N5O4S. The molecule has 0 spiro atoms. The molecule has 0 bridgehead atoms. The van der Waals surface area contributed by atoms with Gasteiger partial charge in [-0.1, -0.05) is 12.1 Å². The molecule has 2 aromatic carbocycles. The number of nitrogens with one attached hydrogen (secondary N) is 1. The van der Waals surface area contributed by atoms with Crippen molar-refractivity contribution in [2.75, 3.05) is 26.1 Å². The minimum Gasteiger partial charge on any atom is -0.493 e. The molecule has 0 radical (unpaired) electrons.